The monoisotopic (exact) mass is 452 g/mol. The van der Waals surface area contributed by atoms with Gasteiger partial charge in [0, 0.05) is 21.1 Å². The van der Waals surface area contributed by atoms with E-state index in [0.29, 0.717) is 14.5 Å². The van der Waals surface area contributed by atoms with E-state index >= 15 is 0 Å². The maximum atomic E-state index is 11.4. The Balaban J connectivity index is 0.000000400. The molecule has 2 rings (SSSR count). The summed E-state index contributed by atoms with van der Waals surface area (Å²) in [5, 5.41) is 20.3. The van der Waals surface area contributed by atoms with Gasteiger partial charge < -0.3 is 9.84 Å². The molecule has 0 saturated heterocycles. The van der Waals surface area contributed by atoms with Gasteiger partial charge in [0.25, 0.3) is 0 Å². The number of ether oxygens (including phenoxy) is 1. The molecular formula is C17H14Br2N2O3. The van der Waals surface area contributed by atoms with Gasteiger partial charge in [-0.3, -0.25) is 0 Å². The van der Waals surface area contributed by atoms with E-state index in [1.165, 1.54) is 18.2 Å². The fourth-order valence-corrected chi connectivity index (χ4v) is 2.74. The van der Waals surface area contributed by atoms with Crippen molar-refractivity contribution in [1.82, 2.24) is 0 Å². The first kappa shape index (κ1) is 19.9. The number of halogens is 2. The number of aromatic amines is 1. The molecule has 0 aliphatic rings. The maximum Gasteiger partial charge on any atom is 0.348 e. The number of nitrogens with one attached hydrogen (secondary N) is 1. The van der Waals surface area contributed by atoms with Crippen LogP contribution in [0.2, 0.25) is 0 Å². The van der Waals surface area contributed by atoms with Gasteiger partial charge in [0.05, 0.1) is 6.61 Å². The summed E-state index contributed by atoms with van der Waals surface area (Å²) in [5.41, 5.74) is 0.437. The Morgan fingerprint density at radius 3 is 2.25 bits per heavy atom. The lowest BCUT2D eigenvalue weighted by molar-refractivity contribution is -0.377. The number of hydrogen-bond acceptors (Lipinski definition) is 4. The zero-order valence-corrected chi connectivity index (χ0v) is 15.9. The van der Waals surface area contributed by atoms with Crippen LogP contribution in [0.15, 0.2) is 57.2 Å². The molecule has 0 aliphatic heterocycles. The van der Waals surface area contributed by atoms with Crippen LogP contribution in [0.3, 0.4) is 0 Å². The molecule has 5 nitrogen and oxygen atoms in total. The van der Waals surface area contributed by atoms with Gasteiger partial charge in [0.2, 0.25) is 0 Å². The largest absolute Gasteiger partial charge is 0.871 e. The second kappa shape index (κ2) is 10.6. The molecule has 0 bridgehead atoms. The highest BCUT2D eigenvalue weighted by Crippen LogP contribution is 2.31. The second-order valence-electron chi connectivity index (χ2n) is 4.28. The molecule has 2 aromatic rings. The SMILES string of the molecule is CCOC(=O)/C(C#N)=C/c1cc(Br)c([O-])c(Br)c1.c1cc[nH+]cc1. The van der Waals surface area contributed by atoms with Crippen molar-refractivity contribution in [2.24, 2.45) is 0 Å². The number of nitriles is 1. The van der Waals surface area contributed by atoms with Crippen LogP contribution in [0.25, 0.3) is 6.08 Å². The lowest BCUT2D eigenvalue weighted by Crippen LogP contribution is -2.06. The van der Waals surface area contributed by atoms with Crippen molar-refractivity contribution >= 4 is 43.9 Å². The Bertz CT molecular complexity index is 706. The van der Waals surface area contributed by atoms with Crippen LogP contribution in [-0.4, -0.2) is 12.6 Å². The van der Waals surface area contributed by atoms with E-state index in [1.807, 2.05) is 30.6 Å². The number of rotatable bonds is 3. The number of aromatic nitrogens is 1. The molecule has 0 amide bonds. The molecule has 0 spiro atoms. The zero-order chi connectivity index (χ0) is 17.9. The number of nitrogens with zero attached hydrogens (tertiary/aromatic N) is 1. The lowest BCUT2D eigenvalue weighted by Gasteiger charge is -2.12. The van der Waals surface area contributed by atoms with E-state index in [4.69, 9.17) is 10.00 Å². The molecule has 0 fully saturated rings. The van der Waals surface area contributed by atoms with Crippen molar-refractivity contribution in [3.05, 3.63) is 62.8 Å². The number of esters is 1. The Labute approximate surface area is 156 Å². The van der Waals surface area contributed by atoms with Crippen molar-refractivity contribution in [2.45, 2.75) is 6.92 Å². The summed E-state index contributed by atoms with van der Waals surface area (Å²) in [6, 6.07) is 10.7. The molecule has 1 N–H and O–H groups in total. The van der Waals surface area contributed by atoms with Crippen molar-refractivity contribution in [3.63, 3.8) is 0 Å². The summed E-state index contributed by atoms with van der Waals surface area (Å²) in [7, 11) is 0. The number of pyridine rings is 1. The third-order valence-corrected chi connectivity index (χ3v) is 3.73. The van der Waals surface area contributed by atoms with Crippen molar-refractivity contribution in [3.8, 4) is 11.8 Å². The first-order valence-corrected chi connectivity index (χ1v) is 8.44. The summed E-state index contributed by atoms with van der Waals surface area (Å²) in [6.45, 7) is 1.86. The molecule has 0 radical (unpaired) electrons. The number of hydrogen-bond donors (Lipinski definition) is 0. The Morgan fingerprint density at radius 2 is 1.88 bits per heavy atom. The average molecular weight is 454 g/mol. The first-order valence-electron chi connectivity index (χ1n) is 6.85. The van der Waals surface area contributed by atoms with E-state index in [1.54, 1.807) is 13.0 Å². The number of carbonyl (C=O) groups is 1. The number of benzene rings is 1. The van der Waals surface area contributed by atoms with Crippen LogP contribution < -0.4 is 10.1 Å². The van der Waals surface area contributed by atoms with Crippen LogP contribution in [0.4, 0.5) is 0 Å². The maximum absolute atomic E-state index is 11.4. The van der Waals surface area contributed by atoms with Gasteiger partial charge in [0.15, 0.2) is 12.4 Å². The van der Waals surface area contributed by atoms with Gasteiger partial charge in [-0.25, -0.2) is 9.78 Å². The van der Waals surface area contributed by atoms with Gasteiger partial charge >= 0.3 is 5.97 Å². The van der Waals surface area contributed by atoms with Crippen LogP contribution >= 0.6 is 31.9 Å². The Kier molecular flexibility index (Phi) is 8.76. The lowest BCUT2D eigenvalue weighted by atomic mass is 10.1. The van der Waals surface area contributed by atoms with Gasteiger partial charge in [-0.15, -0.1) is 0 Å². The molecule has 24 heavy (non-hydrogen) atoms. The molecular weight excluding hydrogens is 440 g/mol. The van der Waals surface area contributed by atoms with E-state index in [9.17, 15) is 9.90 Å². The summed E-state index contributed by atoms with van der Waals surface area (Å²) in [5.74, 6) is -0.875. The highest BCUT2D eigenvalue weighted by Gasteiger charge is 2.10. The molecule has 1 heterocycles. The summed E-state index contributed by atoms with van der Waals surface area (Å²) >= 11 is 6.21. The normalized spacial score (nSPS) is 10.2. The van der Waals surface area contributed by atoms with Crippen molar-refractivity contribution in [1.29, 1.82) is 5.26 Å². The molecule has 1 aromatic carbocycles. The molecule has 0 atom stereocenters. The average Bonchev–Trinajstić information content (AvgIpc) is 2.59. The summed E-state index contributed by atoms with van der Waals surface area (Å²) < 4.78 is 5.44. The van der Waals surface area contributed by atoms with Gasteiger partial charge in [-0.1, -0.05) is 43.7 Å². The van der Waals surface area contributed by atoms with E-state index < -0.39 is 5.97 Å². The molecule has 124 valence electrons. The second-order valence-corrected chi connectivity index (χ2v) is 5.99. The zero-order valence-electron chi connectivity index (χ0n) is 12.8. The fourth-order valence-electron chi connectivity index (χ4n) is 1.52. The smallest absolute Gasteiger partial charge is 0.348 e. The van der Waals surface area contributed by atoms with Crippen LogP contribution in [0.1, 0.15) is 12.5 Å². The van der Waals surface area contributed by atoms with E-state index in [-0.39, 0.29) is 17.9 Å². The first-order chi connectivity index (χ1) is 11.5. The third-order valence-electron chi connectivity index (χ3n) is 2.55. The topological polar surface area (TPSA) is 87.3 Å². The summed E-state index contributed by atoms with van der Waals surface area (Å²) in [4.78, 5) is 14.3. The number of H-pyrrole nitrogens is 1. The van der Waals surface area contributed by atoms with Gasteiger partial charge in [-0.05, 0) is 30.7 Å². The third kappa shape index (κ3) is 6.52. The Hall–Kier alpha value is -2.17. The standard InChI is InChI=1S/C12H9Br2NO3.C5H5N/c1-2-18-12(17)8(6-15)3-7-4-9(13)11(16)10(14)5-7;1-2-4-6-5-3-1/h3-5,16H,2H2,1H3;1-5H/b8-3+;. The van der Waals surface area contributed by atoms with E-state index in [2.05, 4.69) is 36.8 Å². The summed E-state index contributed by atoms with van der Waals surface area (Å²) in [6.07, 6.45) is 5.12. The van der Waals surface area contributed by atoms with Gasteiger partial charge in [0.1, 0.15) is 11.6 Å². The highest BCUT2D eigenvalue weighted by molar-refractivity contribution is 9.11. The van der Waals surface area contributed by atoms with Crippen molar-refractivity contribution < 1.29 is 19.6 Å². The van der Waals surface area contributed by atoms with Crippen LogP contribution in [-0.2, 0) is 9.53 Å². The predicted octanol–water partition coefficient (Wildman–Crippen LogP) is 3.26. The molecule has 7 heteroatoms. The molecule has 0 aliphatic carbocycles. The minimum Gasteiger partial charge on any atom is -0.871 e. The van der Waals surface area contributed by atoms with Crippen molar-refractivity contribution in [2.75, 3.05) is 6.61 Å². The fraction of sp³-hybridized carbons (Fsp3) is 0.118. The Morgan fingerprint density at radius 1 is 1.29 bits per heavy atom. The van der Waals surface area contributed by atoms with Crippen LogP contribution in [0.5, 0.6) is 5.75 Å². The molecule has 0 unspecified atom stereocenters. The predicted molar refractivity (Wildman–Crippen MR) is 94.5 cm³/mol. The quantitative estimate of drug-likeness (QED) is 0.405. The van der Waals surface area contributed by atoms with E-state index in [0.717, 1.165) is 0 Å². The minimum absolute atomic E-state index is 0.116. The molecule has 0 saturated carbocycles. The van der Waals surface area contributed by atoms with Crippen LogP contribution in [0, 0.1) is 11.3 Å². The number of carbonyl (C=O) groups excluding carboxylic acids is 1. The molecule has 1 aromatic heterocycles. The minimum atomic E-state index is -0.682. The van der Waals surface area contributed by atoms with Gasteiger partial charge in [-0.2, -0.15) is 5.26 Å². The highest BCUT2D eigenvalue weighted by atomic mass is 79.9.